The maximum atomic E-state index is 8.53. The van der Waals surface area contributed by atoms with E-state index in [4.69, 9.17) is 5.11 Å². The van der Waals surface area contributed by atoms with Gasteiger partial charge in [-0.3, -0.25) is 4.98 Å². The fourth-order valence-electron chi connectivity index (χ4n) is 1.26. The minimum atomic E-state index is 0. The van der Waals surface area contributed by atoms with Crippen LogP contribution in [0.4, 0.5) is 0 Å². The molecule has 0 fully saturated rings. The summed E-state index contributed by atoms with van der Waals surface area (Å²) < 4.78 is 0. The highest BCUT2D eigenvalue weighted by atomic mass is 35.5. The van der Waals surface area contributed by atoms with Gasteiger partial charge in [-0.25, -0.2) is 0 Å². The number of hydrogen-bond donors (Lipinski definition) is 3. The van der Waals surface area contributed by atoms with Crippen LogP contribution < -0.4 is 10.6 Å². The molecule has 0 atom stereocenters. The van der Waals surface area contributed by atoms with Gasteiger partial charge in [-0.2, -0.15) is 0 Å². The highest BCUT2D eigenvalue weighted by Crippen LogP contribution is 1.91. The zero-order valence-electron chi connectivity index (χ0n) is 9.76. The predicted molar refractivity (Wildman–Crippen MR) is 75.0 cm³/mol. The number of aliphatic hydroxyl groups is 1. The summed E-state index contributed by atoms with van der Waals surface area (Å²) in [5, 5.41) is 15.0. The molecule has 0 bridgehead atoms. The summed E-state index contributed by atoms with van der Waals surface area (Å²) in [6, 6.07) is 5.92. The van der Waals surface area contributed by atoms with Gasteiger partial charge in [0.2, 0.25) is 0 Å². The van der Waals surface area contributed by atoms with Gasteiger partial charge in [-0.15, -0.1) is 24.8 Å². The fourth-order valence-corrected chi connectivity index (χ4v) is 1.26. The van der Waals surface area contributed by atoms with E-state index in [0.29, 0.717) is 6.54 Å². The van der Waals surface area contributed by atoms with E-state index in [-0.39, 0.29) is 31.4 Å². The molecule has 1 heterocycles. The maximum absolute atomic E-state index is 8.53. The lowest BCUT2D eigenvalue weighted by Crippen LogP contribution is -2.24. The van der Waals surface area contributed by atoms with Gasteiger partial charge < -0.3 is 15.7 Å². The number of pyridine rings is 1. The summed E-state index contributed by atoms with van der Waals surface area (Å²) in [7, 11) is 0. The van der Waals surface area contributed by atoms with E-state index in [1.54, 1.807) is 6.20 Å². The minimum Gasteiger partial charge on any atom is -0.395 e. The molecule has 1 rings (SSSR count). The third-order valence-corrected chi connectivity index (χ3v) is 2.03. The second-order valence-electron chi connectivity index (χ2n) is 3.33. The van der Waals surface area contributed by atoms with Crippen LogP contribution in [-0.2, 0) is 6.54 Å². The second kappa shape index (κ2) is 13.7. The van der Waals surface area contributed by atoms with Crippen LogP contribution in [0.1, 0.15) is 12.1 Å². The molecule has 1 aromatic rings. The number of rotatable bonds is 8. The molecule has 0 aromatic carbocycles. The normalized spacial score (nSPS) is 9.24. The van der Waals surface area contributed by atoms with Crippen LogP contribution >= 0.6 is 24.8 Å². The van der Waals surface area contributed by atoms with E-state index < -0.39 is 0 Å². The molecule has 17 heavy (non-hydrogen) atoms. The Balaban J connectivity index is 0. The second-order valence-corrected chi connectivity index (χ2v) is 3.33. The van der Waals surface area contributed by atoms with E-state index in [9.17, 15) is 0 Å². The highest BCUT2D eigenvalue weighted by molar-refractivity contribution is 5.85. The first-order chi connectivity index (χ1) is 7.43. The Bertz CT molecular complexity index is 250. The van der Waals surface area contributed by atoms with Gasteiger partial charge in [0, 0.05) is 19.3 Å². The van der Waals surface area contributed by atoms with Crippen molar-refractivity contribution >= 4 is 24.8 Å². The first-order valence-electron chi connectivity index (χ1n) is 5.35. The number of aliphatic hydroxyl groups excluding tert-OH is 1. The summed E-state index contributed by atoms with van der Waals surface area (Å²) >= 11 is 0. The quantitative estimate of drug-likeness (QED) is 0.622. The first-order valence-corrected chi connectivity index (χ1v) is 5.35. The molecular formula is C11H21Cl2N3O. The van der Waals surface area contributed by atoms with E-state index in [1.165, 1.54) is 0 Å². The van der Waals surface area contributed by atoms with Crippen molar-refractivity contribution in [2.45, 2.75) is 13.0 Å². The number of nitrogens with zero attached hydrogens (tertiary/aromatic N) is 1. The van der Waals surface area contributed by atoms with Crippen molar-refractivity contribution in [3.05, 3.63) is 30.1 Å². The first kappa shape index (κ1) is 19.0. The summed E-state index contributed by atoms with van der Waals surface area (Å²) in [5.41, 5.74) is 1.07. The molecular weight excluding hydrogens is 261 g/mol. The highest BCUT2D eigenvalue weighted by Gasteiger charge is 1.91. The summed E-state index contributed by atoms with van der Waals surface area (Å²) in [5.74, 6) is 0. The molecule has 0 spiro atoms. The van der Waals surface area contributed by atoms with Gasteiger partial charge in [0.1, 0.15) is 0 Å². The molecule has 0 aliphatic rings. The van der Waals surface area contributed by atoms with Gasteiger partial charge >= 0.3 is 0 Å². The van der Waals surface area contributed by atoms with Crippen molar-refractivity contribution in [2.24, 2.45) is 0 Å². The van der Waals surface area contributed by atoms with Crippen molar-refractivity contribution in [1.29, 1.82) is 0 Å². The maximum Gasteiger partial charge on any atom is 0.0555 e. The van der Waals surface area contributed by atoms with E-state index in [0.717, 1.165) is 31.7 Å². The van der Waals surface area contributed by atoms with E-state index in [2.05, 4.69) is 15.6 Å². The molecule has 6 heteroatoms. The molecule has 4 nitrogen and oxygen atoms in total. The zero-order valence-corrected chi connectivity index (χ0v) is 11.4. The molecule has 1 aromatic heterocycles. The van der Waals surface area contributed by atoms with Crippen molar-refractivity contribution in [1.82, 2.24) is 15.6 Å². The smallest absolute Gasteiger partial charge is 0.0555 e. The predicted octanol–water partition coefficient (Wildman–Crippen LogP) is 0.987. The molecule has 0 saturated heterocycles. The fraction of sp³-hybridized carbons (Fsp3) is 0.545. The Morgan fingerprint density at radius 2 is 1.82 bits per heavy atom. The lowest BCUT2D eigenvalue weighted by atomic mass is 10.3. The Hall–Kier alpha value is -0.390. The summed E-state index contributed by atoms with van der Waals surface area (Å²) in [4.78, 5) is 4.21. The molecule has 100 valence electrons. The average Bonchev–Trinajstić information content (AvgIpc) is 2.29. The molecule has 0 amide bonds. The standard InChI is InChI=1S/C11H19N3O.2ClH/c15-9-8-12-5-3-6-13-10-11-4-1-2-7-14-11;;/h1-2,4,7,12-13,15H,3,5-6,8-10H2;2*1H. The van der Waals surface area contributed by atoms with Crippen molar-refractivity contribution in [3.63, 3.8) is 0 Å². The van der Waals surface area contributed by atoms with Gasteiger partial charge in [0.05, 0.1) is 12.3 Å². The lowest BCUT2D eigenvalue weighted by Gasteiger charge is -2.04. The SMILES string of the molecule is Cl.Cl.OCCNCCCNCc1ccccn1. The lowest BCUT2D eigenvalue weighted by molar-refractivity contribution is 0.292. The number of halogens is 2. The van der Waals surface area contributed by atoms with Crippen LogP contribution in [0.15, 0.2) is 24.4 Å². The Morgan fingerprint density at radius 1 is 1.06 bits per heavy atom. The van der Waals surface area contributed by atoms with Crippen molar-refractivity contribution in [2.75, 3.05) is 26.2 Å². The molecule has 3 N–H and O–H groups in total. The summed E-state index contributed by atoms with van der Waals surface area (Å²) in [6.07, 6.45) is 2.87. The molecule has 0 aliphatic heterocycles. The Morgan fingerprint density at radius 3 is 2.47 bits per heavy atom. The number of aromatic nitrogens is 1. The third kappa shape index (κ3) is 10.5. The van der Waals surface area contributed by atoms with E-state index >= 15 is 0 Å². The van der Waals surface area contributed by atoms with E-state index in [1.807, 2.05) is 18.2 Å². The topological polar surface area (TPSA) is 57.2 Å². The van der Waals surface area contributed by atoms with Gasteiger partial charge in [-0.05, 0) is 31.6 Å². The Kier molecular flexibility index (Phi) is 15.3. The minimum absolute atomic E-state index is 0. The van der Waals surface area contributed by atoms with Gasteiger partial charge in [0.25, 0.3) is 0 Å². The number of hydrogen-bond acceptors (Lipinski definition) is 4. The zero-order chi connectivity index (χ0) is 10.8. The largest absolute Gasteiger partial charge is 0.395 e. The van der Waals surface area contributed by atoms with Crippen LogP contribution in [0.3, 0.4) is 0 Å². The monoisotopic (exact) mass is 281 g/mol. The van der Waals surface area contributed by atoms with Crippen LogP contribution in [0.25, 0.3) is 0 Å². The molecule has 0 unspecified atom stereocenters. The summed E-state index contributed by atoms with van der Waals surface area (Å²) in [6.45, 7) is 3.62. The van der Waals surface area contributed by atoms with Crippen LogP contribution in [0.5, 0.6) is 0 Å². The molecule has 0 aliphatic carbocycles. The van der Waals surface area contributed by atoms with Crippen LogP contribution in [0.2, 0.25) is 0 Å². The molecule has 0 radical (unpaired) electrons. The number of nitrogens with one attached hydrogen (secondary N) is 2. The van der Waals surface area contributed by atoms with Gasteiger partial charge in [0.15, 0.2) is 0 Å². The molecule has 0 saturated carbocycles. The van der Waals surface area contributed by atoms with Crippen molar-refractivity contribution < 1.29 is 5.11 Å². The van der Waals surface area contributed by atoms with Crippen LogP contribution in [-0.4, -0.2) is 36.3 Å². The Labute approximate surface area is 115 Å². The average molecular weight is 282 g/mol. The van der Waals surface area contributed by atoms with Crippen LogP contribution in [0, 0.1) is 0 Å². The third-order valence-electron chi connectivity index (χ3n) is 2.03. The van der Waals surface area contributed by atoms with Gasteiger partial charge in [-0.1, -0.05) is 6.07 Å². The van der Waals surface area contributed by atoms with Crippen molar-refractivity contribution in [3.8, 4) is 0 Å².